The van der Waals surface area contributed by atoms with Gasteiger partial charge >= 0.3 is 0 Å². The molecule has 0 unspecified atom stereocenters. The van der Waals surface area contributed by atoms with Crippen molar-refractivity contribution in [1.82, 2.24) is 0 Å². The Labute approximate surface area is 201 Å². The minimum Gasteiger partial charge on any atom is -0.398 e. The minimum atomic E-state index is -4.75. The van der Waals surface area contributed by atoms with Gasteiger partial charge in [-0.2, -0.15) is 16.8 Å². The Hall–Kier alpha value is -3.90. The number of fused-ring (bicyclic) bond motifs is 1. The molecule has 9 nitrogen and oxygen atoms in total. The number of azo groups is 1. The van der Waals surface area contributed by atoms with Crippen molar-refractivity contribution in [1.29, 1.82) is 0 Å². The molecule has 4 aromatic carbocycles. The molecule has 178 valence electrons. The molecular weight excluding hydrogens is 490 g/mol. The summed E-state index contributed by atoms with van der Waals surface area (Å²) in [6.07, 6.45) is 2.60. The zero-order chi connectivity index (χ0) is 25.2. The molecule has 0 amide bonds. The Morgan fingerprint density at radius 3 is 1.94 bits per heavy atom. The van der Waals surface area contributed by atoms with Crippen molar-refractivity contribution >= 4 is 60.2 Å². The third-order valence-corrected chi connectivity index (χ3v) is 7.01. The lowest BCUT2D eigenvalue weighted by atomic mass is 10.1. The summed E-state index contributed by atoms with van der Waals surface area (Å²) in [5, 5.41) is 9.72. The summed E-state index contributed by atoms with van der Waals surface area (Å²) in [5.41, 5.74) is 7.04. The number of anilines is 1. The maximum absolute atomic E-state index is 12.2. The van der Waals surface area contributed by atoms with Gasteiger partial charge in [-0.1, -0.05) is 66.7 Å². The van der Waals surface area contributed by atoms with Crippen LogP contribution in [-0.4, -0.2) is 25.9 Å². The molecule has 0 fully saturated rings. The van der Waals surface area contributed by atoms with E-state index in [1.807, 2.05) is 12.1 Å². The lowest BCUT2D eigenvalue weighted by Crippen LogP contribution is -2.02. The van der Waals surface area contributed by atoms with E-state index in [1.165, 1.54) is 48.6 Å². The molecule has 0 saturated carbocycles. The van der Waals surface area contributed by atoms with Crippen LogP contribution in [-0.2, 0) is 20.2 Å². The fraction of sp³-hybridized carbons (Fsp3) is 0. The average Bonchev–Trinajstić information content (AvgIpc) is 2.81. The molecule has 4 N–H and O–H groups in total. The van der Waals surface area contributed by atoms with E-state index in [-0.39, 0.29) is 21.7 Å². The van der Waals surface area contributed by atoms with E-state index in [4.69, 9.17) is 5.73 Å². The average molecular weight is 510 g/mol. The maximum Gasteiger partial charge on any atom is 0.297 e. The van der Waals surface area contributed by atoms with Crippen LogP contribution in [0.1, 0.15) is 11.1 Å². The van der Waals surface area contributed by atoms with Crippen LogP contribution in [0.3, 0.4) is 0 Å². The van der Waals surface area contributed by atoms with Crippen LogP contribution in [0.25, 0.3) is 22.9 Å². The molecule has 0 aliphatic rings. The summed E-state index contributed by atoms with van der Waals surface area (Å²) in [5.74, 6) is 0. The smallest absolute Gasteiger partial charge is 0.297 e. The van der Waals surface area contributed by atoms with Crippen molar-refractivity contribution in [3.05, 3.63) is 90.0 Å². The monoisotopic (exact) mass is 509 g/mol. The van der Waals surface area contributed by atoms with Crippen LogP contribution in [0.4, 0.5) is 17.1 Å². The van der Waals surface area contributed by atoms with Crippen LogP contribution in [0.5, 0.6) is 0 Å². The van der Waals surface area contributed by atoms with Crippen LogP contribution in [0.2, 0.25) is 0 Å². The Morgan fingerprint density at radius 1 is 0.629 bits per heavy atom. The van der Waals surface area contributed by atoms with Crippen molar-refractivity contribution in [2.45, 2.75) is 9.79 Å². The van der Waals surface area contributed by atoms with Crippen molar-refractivity contribution in [2.75, 3.05) is 5.73 Å². The van der Waals surface area contributed by atoms with Gasteiger partial charge in [0.05, 0.1) is 5.69 Å². The molecule has 0 aromatic heterocycles. The summed E-state index contributed by atoms with van der Waals surface area (Å²) >= 11 is 0. The quantitative estimate of drug-likeness (QED) is 0.134. The van der Waals surface area contributed by atoms with Gasteiger partial charge in [0.15, 0.2) is 0 Å². The summed E-state index contributed by atoms with van der Waals surface area (Å²) in [7, 11) is -9.26. The first kappa shape index (κ1) is 24.2. The highest BCUT2D eigenvalue weighted by Gasteiger charge is 2.20. The lowest BCUT2D eigenvalue weighted by Gasteiger charge is -2.08. The lowest BCUT2D eigenvalue weighted by molar-refractivity contribution is 0.480. The number of hydrogen-bond donors (Lipinski definition) is 3. The Bertz CT molecular complexity index is 1710. The zero-order valence-electron chi connectivity index (χ0n) is 18.0. The highest BCUT2D eigenvalue weighted by atomic mass is 32.2. The number of rotatable bonds is 6. The number of nitrogens with zero attached hydrogens (tertiary/aromatic N) is 2. The Kier molecular flexibility index (Phi) is 6.50. The van der Waals surface area contributed by atoms with Gasteiger partial charge in [-0.15, -0.1) is 10.2 Å². The van der Waals surface area contributed by atoms with E-state index in [1.54, 1.807) is 30.3 Å². The van der Waals surface area contributed by atoms with E-state index in [0.29, 0.717) is 16.8 Å². The van der Waals surface area contributed by atoms with Crippen molar-refractivity contribution in [3.63, 3.8) is 0 Å². The van der Waals surface area contributed by atoms with Gasteiger partial charge in [0.2, 0.25) is 0 Å². The zero-order valence-corrected chi connectivity index (χ0v) is 19.6. The van der Waals surface area contributed by atoms with Crippen molar-refractivity contribution in [2.24, 2.45) is 10.2 Å². The predicted molar refractivity (Wildman–Crippen MR) is 134 cm³/mol. The highest BCUT2D eigenvalue weighted by Crippen LogP contribution is 2.34. The van der Waals surface area contributed by atoms with Crippen LogP contribution in [0.15, 0.2) is 98.9 Å². The fourth-order valence-corrected chi connectivity index (χ4v) is 5.06. The van der Waals surface area contributed by atoms with E-state index in [9.17, 15) is 25.9 Å². The third kappa shape index (κ3) is 5.28. The molecule has 0 bridgehead atoms. The first-order valence-corrected chi connectivity index (χ1v) is 13.0. The maximum atomic E-state index is 12.2. The molecule has 0 radical (unpaired) electrons. The summed E-state index contributed by atoms with van der Waals surface area (Å²) in [6.45, 7) is 0. The Morgan fingerprint density at radius 2 is 1.23 bits per heavy atom. The van der Waals surface area contributed by atoms with E-state index < -0.39 is 25.1 Å². The molecule has 0 saturated heterocycles. The second-order valence-electron chi connectivity index (χ2n) is 7.44. The highest BCUT2D eigenvalue weighted by molar-refractivity contribution is 7.86. The number of benzene rings is 4. The van der Waals surface area contributed by atoms with Gasteiger partial charge < -0.3 is 5.73 Å². The topological polar surface area (TPSA) is 159 Å². The molecule has 0 atom stereocenters. The molecule has 4 rings (SSSR count). The first-order chi connectivity index (χ1) is 16.6. The molecule has 0 heterocycles. The first-order valence-electron chi connectivity index (χ1n) is 10.1. The molecule has 11 heteroatoms. The number of nitrogen functional groups attached to an aromatic ring is 1. The van der Waals surface area contributed by atoms with Crippen LogP contribution < -0.4 is 5.73 Å². The van der Waals surface area contributed by atoms with Crippen molar-refractivity contribution in [3.8, 4) is 0 Å². The minimum absolute atomic E-state index is 0.0382. The van der Waals surface area contributed by atoms with Crippen LogP contribution in [0, 0.1) is 0 Å². The largest absolute Gasteiger partial charge is 0.398 e. The number of hydrogen-bond acceptors (Lipinski definition) is 7. The number of nitrogens with two attached hydrogens (primary N) is 1. The molecule has 0 aliphatic carbocycles. The molecule has 0 spiro atoms. The summed E-state index contributed by atoms with van der Waals surface area (Å²) in [4.78, 5) is -0.861. The third-order valence-electron chi connectivity index (χ3n) is 5.12. The van der Waals surface area contributed by atoms with Crippen LogP contribution >= 0.6 is 0 Å². The van der Waals surface area contributed by atoms with Gasteiger partial charge in [-0.25, -0.2) is 0 Å². The second kappa shape index (κ2) is 9.39. The van der Waals surface area contributed by atoms with Gasteiger partial charge in [0.25, 0.3) is 20.2 Å². The SMILES string of the molecule is Nc1ccc(N=Nc2cccc(/C=C/c3ccccc3S(=O)(=O)O)c2S(=O)(=O)O)c2ccccc12. The molecular formula is C24H19N3O6S2. The Balaban J connectivity index is 1.81. The van der Waals surface area contributed by atoms with Crippen molar-refractivity contribution < 1.29 is 25.9 Å². The molecule has 0 aliphatic heterocycles. The van der Waals surface area contributed by atoms with Gasteiger partial charge in [-0.05, 0) is 35.4 Å². The van der Waals surface area contributed by atoms with Gasteiger partial charge in [0, 0.05) is 16.5 Å². The standard InChI is InChI=1S/C24H19N3O6S2/c25-20-14-15-21(19-9-3-2-8-18(19)20)26-27-22-10-5-7-17(24(22)35(31,32)33)13-12-16-6-1-4-11-23(16)34(28,29)30/h1-15H,25H2,(H,28,29,30)(H,31,32,33)/b13-12+,27-26?. The summed E-state index contributed by atoms with van der Waals surface area (Å²) in [6, 6.07) is 20.5. The van der Waals surface area contributed by atoms with E-state index in [0.717, 1.165) is 5.39 Å². The summed E-state index contributed by atoms with van der Waals surface area (Å²) < 4.78 is 67.1. The molecule has 4 aromatic rings. The van der Waals surface area contributed by atoms with E-state index in [2.05, 4.69) is 10.2 Å². The van der Waals surface area contributed by atoms with E-state index >= 15 is 0 Å². The molecule has 35 heavy (non-hydrogen) atoms. The second-order valence-corrected chi connectivity index (χ2v) is 10.2. The van der Waals surface area contributed by atoms with Gasteiger partial charge in [-0.3, -0.25) is 9.11 Å². The normalized spacial score (nSPS) is 12.6. The fourth-order valence-electron chi connectivity index (χ4n) is 3.57. The van der Waals surface area contributed by atoms with Gasteiger partial charge in [0.1, 0.15) is 15.5 Å². The predicted octanol–water partition coefficient (Wildman–Crippen LogP) is 5.50.